The zero-order valence-electron chi connectivity index (χ0n) is 7.85. The van der Waals surface area contributed by atoms with Crippen LogP contribution in [0.1, 0.15) is 0 Å². The molecule has 0 aromatic carbocycles. The van der Waals surface area contributed by atoms with Crippen molar-refractivity contribution in [1.29, 1.82) is 0 Å². The van der Waals surface area contributed by atoms with Gasteiger partial charge in [-0.2, -0.15) is 0 Å². The fourth-order valence-electron chi connectivity index (χ4n) is 0.824. The highest BCUT2D eigenvalue weighted by atomic mass is 35.5. The van der Waals surface area contributed by atoms with Gasteiger partial charge in [-0.1, -0.05) is 9.78 Å². The van der Waals surface area contributed by atoms with Gasteiger partial charge in [-0.05, 0) is 0 Å². The highest BCUT2D eigenvalue weighted by Gasteiger charge is 2.28. The third-order valence-corrected chi connectivity index (χ3v) is 1.35. The van der Waals surface area contributed by atoms with Gasteiger partial charge < -0.3 is 34.8 Å². The van der Waals surface area contributed by atoms with Crippen LogP contribution in [0.4, 0.5) is 17.3 Å². The zero-order valence-corrected chi connectivity index (χ0v) is 8.60. The third-order valence-electron chi connectivity index (χ3n) is 1.35. The quantitative estimate of drug-likeness (QED) is 0.165. The molecule has 0 atom stereocenters. The van der Waals surface area contributed by atoms with Crippen LogP contribution in [-0.2, 0) is 0 Å². The molecule has 12 N–H and O–H groups in total. The number of anilines is 2. The summed E-state index contributed by atoms with van der Waals surface area (Å²) < 4.78 is 0.799. The second kappa shape index (κ2) is 6.39. The molecular formula is C4H12ClN7O4. The molecule has 1 aromatic rings. The molecule has 1 aromatic heterocycles. The molecule has 0 radical (unpaired) electrons. The van der Waals surface area contributed by atoms with E-state index in [9.17, 15) is 10.1 Å². The van der Waals surface area contributed by atoms with Crippen molar-refractivity contribution in [3.63, 3.8) is 0 Å². The fraction of sp³-hybridized carbons (Fsp3) is 0. The SMILES string of the molecule is NC(=[NH2+])n1nc(N)c([N+](=O)[O-])c1N.O.O.[Cl-]. The molecule has 0 aliphatic carbocycles. The Hall–Kier alpha value is -2.11. The van der Waals surface area contributed by atoms with Gasteiger partial charge in [-0.15, -0.1) is 0 Å². The summed E-state index contributed by atoms with van der Waals surface area (Å²) in [5.74, 6) is -0.893. The molecule has 0 unspecified atom stereocenters. The van der Waals surface area contributed by atoms with Crippen LogP contribution in [0, 0.1) is 10.1 Å². The van der Waals surface area contributed by atoms with E-state index < -0.39 is 10.6 Å². The smallest absolute Gasteiger partial charge is 0.372 e. The van der Waals surface area contributed by atoms with Crippen LogP contribution in [0.25, 0.3) is 0 Å². The maximum atomic E-state index is 10.4. The zero-order chi connectivity index (χ0) is 10.2. The standard InChI is InChI=1S/C4H7N7O2.ClH.2H2O/c5-2-1(11(12)13)3(6)10(9-2)4(7)8;;;/h6H2,(H2,5,9)(H3,7,8);1H;2*1H2. The van der Waals surface area contributed by atoms with Gasteiger partial charge in [-0.3, -0.25) is 21.3 Å². The van der Waals surface area contributed by atoms with Crippen molar-refractivity contribution in [2.75, 3.05) is 11.5 Å². The van der Waals surface area contributed by atoms with Crippen LogP contribution in [0.5, 0.6) is 0 Å². The monoisotopic (exact) mass is 257 g/mol. The van der Waals surface area contributed by atoms with Gasteiger partial charge in [0.2, 0.25) is 5.82 Å². The Morgan fingerprint density at radius 2 is 1.88 bits per heavy atom. The van der Waals surface area contributed by atoms with E-state index >= 15 is 0 Å². The van der Waals surface area contributed by atoms with Gasteiger partial charge in [0.1, 0.15) is 0 Å². The normalized spacial score (nSPS) is 8.00. The van der Waals surface area contributed by atoms with E-state index in [4.69, 9.17) is 22.6 Å². The first kappa shape index (κ1) is 19.5. The van der Waals surface area contributed by atoms with Crippen molar-refractivity contribution < 1.29 is 33.7 Å². The van der Waals surface area contributed by atoms with E-state index in [0.29, 0.717) is 0 Å². The lowest BCUT2D eigenvalue weighted by molar-refractivity contribution is -0.383. The Balaban J connectivity index is -0.000000563. The molecule has 0 amide bonds. The van der Waals surface area contributed by atoms with Crippen LogP contribution in [-0.4, -0.2) is 31.6 Å². The second-order valence-corrected chi connectivity index (χ2v) is 2.21. The summed E-state index contributed by atoms with van der Waals surface area (Å²) in [5.41, 5.74) is 15.1. The molecule has 0 saturated heterocycles. The van der Waals surface area contributed by atoms with Gasteiger partial charge >= 0.3 is 11.6 Å². The Kier molecular flexibility index (Phi) is 7.77. The average molecular weight is 258 g/mol. The van der Waals surface area contributed by atoms with Crippen molar-refractivity contribution >= 4 is 23.3 Å². The number of nitrogens with two attached hydrogens (primary N) is 4. The lowest BCUT2D eigenvalue weighted by Gasteiger charge is -1.89. The number of nitro groups is 1. The Bertz CT molecular complexity index is 390. The summed E-state index contributed by atoms with van der Waals surface area (Å²) in [6.45, 7) is 0. The lowest BCUT2D eigenvalue weighted by Crippen LogP contribution is -3.00. The van der Waals surface area contributed by atoms with Crippen molar-refractivity contribution in [1.82, 2.24) is 9.78 Å². The number of rotatable bonds is 1. The summed E-state index contributed by atoms with van der Waals surface area (Å²) in [6, 6.07) is 0. The molecule has 0 spiro atoms. The molecule has 11 nitrogen and oxygen atoms in total. The number of hydrogen-bond donors (Lipinski definition) is 4. The molecule has 1 heterocycles. The highest BCUT2D eigenvalue weighted by molar-refractivity contribution is 5.82. The van der Waals surface area contributed by atoms with Crippen molar-refractivity contribution in [3.8, 4) is 0 Å². The second-order valence-electron chi connectivity index (χ2n) is 2.21. The Morgan fingerprint density at radius 3 is 2.06 bits per heavy atom. The minimum Gasteiger partial charge on any atom is -1.00 e. The van der Waals surface area contributed by atoms with Gasteiger partial charge in [0, 0.05) is 0 Å². The van der Waals surface area contributed by atoms with Gasteiger partial charge in [0.25, 0.3) is 5.82 Å². The summed E-state index contributed by atoms with van der Waals surface area (Å²) >= 11 is 0. The van der Waals surface area contributed by atoms with Crippen molar-refractivity contribution in [2.24, 2.45) is 5.73 Å². The number of aromatic nitrogens is 2. The van der Waals surface area contributed by atoms with Gasteiger partial charge in [0.05, 0.1) is 4.92 Å². The molecule has 0 saturated carbocycles. The highest BCUT2D eigenvalue weighted by Crippen LogP contribution is 2.26. The van der Waals surface area contributed by atoms with E-state index in [0.717, 1.165) is 4.68 Å². The minimum absolute atomic E-state index is 0. The average Bonchev–Trinajstić information content (AvgIpc) is 2.26. The Morgan fingerprint density at radius 1 is 1.44 bits per heavy atom. The molecular weight excluding hydrogens is 246 g/mol. The van der Waals surface area contributed by atoms with Crippen LogP contribution in [0.2, 0.25) is 0 Å². The maximum absolute atomic E-state index is 10.4. The van der Waals surface area contributed by atoms with Crippen LogP contribution >= 0.6 is 0 Å². The molecule has 1 rings (SSSR count). The predicted octanol–water partition coefficient (Wildman–Crippen LogP) is -7.77. The van der Waals surface area contributed by atoms with E-state index in [1.807, 2.05) is 0 Å². The first-order valence-electron chi connectivity index (χ1n) is 3.11. The van der Waals surface area contributed by atoms with E-state index in [1.165, 1.54) is 0 Å². The van der Waals surface area contributed by atoms with Gasteiger partial charge in [0.15, 0.2) is 0 Å². The molecule has 0 aliphatic heterocycles. The largest absolute Gasteiger partial charge is 1.00 e. The fourth-order valence-corrected chi connectivity index (χ4v) is 0.824. The molecule has 0 bridgehead atoms. The molecule has 94 valence electrons. The van der Waals surface area contributed by atoms with Crippen molar-refractivity contribution in [2.45, 2.75) is 0 Å². The number of nitrogens with zero attached hydrogens (tertiary/aromatic N) is 3. The predicted molar refractivity (Wildman–Crippen MR) is 51.5 cm³/mol. The first-order valence-corrected chi connectivity index (χ1v) is 3.11. The van der Waals surface area contributed by atoms with E-state index in [-0.39, 0.29) is 41.0 Å². The maximum Gasteiger partial charge on any atom is 0.372 e. The molecule has 12 heteroatoms. The molecule has 0 aliphatic rings. The van der Waals surface area contributed by atoms with E-state index in [2.05, 4.69) is 5.10 Å². The number of halogens is 1. The van der Waals surface area contributed by atoms with Crippen LogP contribution in [0.3, 0.4) is 0 Å². The number of hydrogen-bond acceptors (Lipinski definition) is 5. The van der Waals surface area contributed by atoms with Crippen LogP contribution < -0.4 is 35.0 Å². The van der Waals surface area contributed by atoms with Crippen molar-refractivity contribution in [3.05, 3.63) is 10.1 Å². The summed E-state index contributed by atoms with van der Waals surface area (Å²) in [4.78, 5) is 9.63. The summed E-state index contributed by atoms with van der Waals surface area (Å²) in [5, 5.41) is 19.0. The van der Waals surface area contributed by atoms with Crippen LogP contribution in [0.15, 0.2) is 0 Å². The van der Waals surface area contributed by atoms with Gasteiger partial charge in [-0.25, -0.2) is 0 Å². The minimum atomic E-state index is -0.753. The summed E-state index contributed by atoms with van der Waals surface area (Å²) in [7, 11) is 0. The number of nitrogen functional groups attached to an aromatic ring is 2. The Labute approximate surface area is 94.9 Å². The van der Waals surface area contributed by atoms with E-state index in [1.54, 1.807) is 0 Å². The topological polar surface area (TPSA) is 228 Å². The first-order chi connectivity index (χ1) is 5.95. The summed E-state index contributed by atoms with van der Waals surface area (Å²) in [6.07, 6.45) is 0. The molecule has 0 fully saturated rings. The third kappa shape index (κ3) is 2.94. The molecule has 16 heavy (non-hydrogen) atoms. The lowest BCUT2D eigenvalue weighted by atomic mass is 10.5.